The van der Waals surface area contributed by atoms with Gasteiger partial charge in [0.05, 0.1) is 32.0 Å². The molecular formula is C16H17ClN4O2. The molecule has 0 spiro atoms. The minimum atomic E-state index is 0. The monoisotopic (exact) mass is 332 g/mol. The smallest absolute Gasteiger partial charge is 0.162 e. The molecule has 0 aliphatic heterocycles. The molecule has 0 aliphatic rings. The molecule has 0 fully saturated rings. The topological polar surface area (TPSA) is 69.2 Å². The van der Waals surface area contributed by atoms with Crippen molar-refractivity contribution in [2.75, 3.05) is 19.5 Å². The Morgan fingerprint density at radius 1 is 1.00 bits per heavy atom. The van der Waals surface area contributed by atoms with Crippen molar-refractivity contribution in [2.24, 2.45) is 0 Å². The Morgan fingerprint density at radius 3 is 2.48 bits per heavy atom. The van der Waals surface area contributed by atoms with Crippen LogP contribution in [-0.2, 0) is 6.54 Å². The van der Waals surface area contributed by atoms with E-state index in [1.54, 1.807) is 20.4 Å². The summed E-state index contributed by atoms with van der Waals surface area (Å²) in [4.78, 5) is 12.9. The summed E-state index contributed by atoms with van der Waals surface area (Å²) in [6, 6.07) is 9.51. The minimum absolute atomic E-state index is 0. The molecule has 0 aliphatic carbocycles. The fourth-order valence-corrected chi connectivity index (χ4v) is 2.20. The molecule has 1 N–H and O–H groups in total. The van der Waals surface area contributed by atoms with Crippen LogP contribution in [0.4, 0.5) is 5.82 Å². The van der Waals surface area contributed by atoms with Crippen molar-refractivity contribution < 1.29 is 9.47 Å². The molecule has 0 saturated carbocycles. The number of rotatable bonds is 5. The molecule has 3 aromatic rings. The first-order chi connectivity index (χ1) is 10.8. The van der Waals surface area contributed by atoms with Gasteiger partial charge in [-0.25, -0.2) is 9.97 Å². The van der Waals surface area contributed by atoms with Crippen molar-refractivity contribution in [2.45, 2.75) is 6.54 Å². The summed E-state index contributed by atoms with van der Waals surface area (Å²) in [6.45, 7) is 0.585. The highest BCUT2D eigenvalue weighted by atomic mass is 35.5. The summed E-state index contributed by atoms with van der Waals surface area (Å²) < 4.78 is 10.6. The lowest BCUT2D eigenvalue weighted by molar-refractivity contribution is 0.356. The zero-order valence-electron chi connectivity index (χ0n) is 12.8. The van der Waals surface area contributed by atoms with Gasteiger partial charge in [0.15, 0.2) is 11.5 Å². The molecular weight excluding hydrogens is 316 g/mol. The van der Waals surface area contributed by atoms with Crippen LogP contribution in [-0.4, -0.2) is 29.2 Å². The molecule has 1 aromatic carbocycles. The number of nitrogens with one attached hydrogen (secondary N) is 1. The third kappa shape index (κ3) is 3.60. The molecule has 7 heteroatoms. The van der Waals surface area contributed by atoms with Gasteiger partial charge >= 0.3 is 0 Å². The van der Waals surface area contributed by atoms with E-state index in [0.29, 0.717) is 18.0 Å². The number of fused-ring (bicyclic) bond motifs is 1. The quantitative estimate of drug-likeness (QED) is 0.774. The van der Waals surface area contributed by atoms with Gasteiger partial charge in [0, 0.05) is 17.6 Å². The Hall–Kier alpha value is -2.60. The van der Waals surface area contributed by atoms with Gasteiger partial charge in [0.2, 0.25) is 0 Å². The fraction of sp³-hybridized carbons (Fsp3) is 0.188. The number of nitrogens with zero attached hydrogens (tertiary/aromatic N) is 3. The summed E-state index contributed by atoms with van der Waals surface area (Å²) >= 11 is 0. The molecule has 0 amide bonds. The third-order valence-electron chi connectivity index (χ3n) is 3.30. The molecule has 2 aromatic heterocycles. The van der Waals surface area contributed by atoms with Crippen molar-refractivity contribution in [3.05, 3.63) is 48.5 Å². The SMILES string of the molecule is COc1cc2ncnc(NCc3ccccn3)c2cc1OC.Cl. The highest BCUT2D eigenvalue weighted by Crippen LogP contribution is 2.33. The van der Waals surface area contributed by atoms with Gasteiger partial charge in [-0.15, -0.1) is 12.4 Å². The molecule has 0 bridgehead atoms. The van der Waals surface area contributed by atoms with Crippen molar-refractivity contribution in [1.29, 1.82) is 0 Å². The van der Waals surface area contributed by atoms with Gasteiger partial charge in [-0.1, -0.05) is 6.07 Å². The average molecular weight is 333 g/mol. The Labute approximate surface area is 140 Å². The van der Waals surface area contributed by atoms with Gasteiger partial charge in [0.25, 0.3) is 0 Å². The maximum Gasteiger partial charge on any atom is 0.162 e. The first-order valence-electron chi connectivity index (χ1n) is 6.82. The van der Waals surface area contributed by atoms with E-state index in [2.05, 4.69) is 20.3 Å². The summed E-state index contributed by atoms with van der Waals surface area (Å²) in [5.74, 6) is 2.02. The number of methoxy groups -OCH3 is 2. The highest BCUT2D eigenvalue weighted by molar-refractivity contribution is 5.91. The Morgan fingerprint density at radius 2 is 1.78 bits per heavy atom. The van der Waals surface area contributed by atoms with Crippen LogP contribution in [0, 0.1) is 0 Å². The predicted molar refractivity (Wildman–Crippen MR) is 91.5 cm³/mol. The van der Waals surface area contributed by atoms with Crippen LogP contribution in [0.15, 0.2) is 42.9 Å². The predicted octanol–water partition coefficient (Wildman–Crippen LogP) is 3.08. The summed E-state index contributed by atoms with van der Waals surface area (Å²) in [6.07, 6.45) is 3.29. The van der Waals surface area contributed by atoms with Crippen LogP contribution in [0.5, 0.6) is 11.5 Å². The molecule has 6 nitrogen and oxygen atoms in total. The maximum atomic E-state index is 5.34. The second-order valence-electron chi connectivity index (χ2n) is 4.62. The van der Waals surface area contributed by atoms with Gasteiger partial charge < -0.3 is 14.8 Å². The lowest BCUT2D eigenvalue weighted by Crippen LogP contribution is -2.04. The van der Waals surface area contributed by atoms with E-state index in [0.717, 1.165) is 22.4 Å². The number of ether oxygens (including phenoxy) is 2. The van der Waals surface area contributed by atoms with Crippen molar-refractivity contribution in [3.63, 3.8) is 0 Å². The van der Waals surface area contributed by atoms with E-state index in [9.17, 15) is 0 Å². The van der Waals surface area contributed by atoms with Crippen LogP contribution >= 0.6 is 12.4 Å². The number of hydrogen-bond donors (Lipinski definition) is 1. The highest BCUT2D eigenvalue weighted by Gasteiger charge is 2.10. The van der Waals surface area contributed by atoms with E-state index in [1.165, 1.54) is 6.33 Å². The fourth-order valence-electron chi connectivity index (χ4n) is 2.20. The van der Waals surface area contributed by atoms with Crippen molar-refractivity contribution in [3.8, 4) is 11.5 Å². The zero-order chi connectivity index (χ0) is 15.4. The number of halogens is 1. The van der Waals surface area contributed by atoms with Gasteiger partial charge in [-0.3, -0.25) is 4.98 Å². The van der Waals surface area contributed by atoms with Crippen LogP contribution in [0.25, 0.3) is 10.9 Å². The Balaban J connectivity index is 0.00000192. The van der Waals surface area contributed by atoms with Gasteiger partial charge in [-0.05, 0) is 18.2 Å². The lowest BCUT2D eigenvalue weighted by Gasteiger charge is -2.11. The molecule has 0 radical (unpaired) electrons. The number of aromatic nitrogens is 3. The summed E-state index contributed by atoms with van der Waals surface area (Å²) in [7, 11) is 3.21. The largest absolute Gasteiger partial charge is 0.493 e. The number of hydrogen-bond acceptors (Lipinski definition) is 6. The molecule has 0 saturated heterocycles. The van der Waals surface area contributed by atoms with E-state index in [4.69, 9.17) is 9.47 Å². The molecule has 0 unspecified atom stereocenters. The molecule has 0 atom stereocenters. The second-order valence-corrected chi connectivity index (χ2v) is 4.62. The second kappa shape index (κ2) is 7.60. The number of benzene rings is 1. The van der Waals surface area contributed by atoms with Crippen LogP contribution in [0.1, 0.15) is 5.69 Å². The standard InChI is InChI=1S/C16H16N4O2.ClH/c1-21-14-7-12-13(8-15(14)22-2)19-10-20-16(12)18-9-11-5-3-4-6-17-11;/h3-8,10H,9H2,1-2H3,(H,18,19,20);1H. The van der Waals surface area contributed by atoms with Crippen LogP contribution < -0.4 is 14.8 Å². The first kappa shape index (κ1) is 16.8. The van der Waals surface area contributed by atoms with Gasteiger partial charge in [-0.2, -0.15) is 0 Å². The molecule has 2 heterocycles. The molecule has 23 heavy (non-hydrogen) atoms. The number of anilines is 1. The summed E-state index contributed by atoms with van der Waals surface area (Å²) in [5.41, 5.74) is 1.73. The molecule has 120 valence electrons. The summed E-state index contributed by atoms with van der Waals surface area (Å²) in [5, 5.41) is 4.15. The number of pyridine rings is 1. The molecule has 3 rings (SSSR count). The minimum Gasteiger partial charge on any atom is -0.493 e. The Bertz CT molecular complexity index is 784. The van der Waals surface area contributed by atoms with Crippen LogP contribution in [0.2, 0.25) is 0 Å². The van der Waals surface area contributed by atoms with E-state index >= 15 is 0 Å². The Kier molecular flexibility index (Phi) is 5.54. The first-order valence-corrected chi connectivity index (χ1v) is 6.82. The van der Waals surface area contributed by atoms with E-state index < -0.39 is 0 Å². The maximum absolute atomic E-state index is 5.34. The van der Waals surface area contributed by atoms with E-state index in [1.807, 2.05) is 30.3 Å². The van der Waals surface area contributed by atoms with Crippen molar-refractivity contribution >= 4 is 29.1 Å². The van der Waals surface area contributed by atoms with Crippen molar-refractivity contribution in [1.82, 2.24) is 15.0 Å². The van der Waals surface area contributed by atoms with E-state index in [-0.39, 0.29) is 12.4 Å². The van der Waals surface area contributed by atoms with Gasteiger partial charge in [0.1, 0.15) is 12.1 Å². The van der Waals surface area contributed by atoms with Crippen LogP contribution in [0.3, 0.4) is 0 Å². The zero-order valence-corrected chi connectivity index (χ0v) is 13.6. The average Bonchev–Trinajstić information content (AvgIpc) is 2.59. The lowest BCUT2D eigenvalue weighted by atomic mass is 10.2. The third-order valence-corrected chi connectivity index (χ3v) is 3.30. The normalized spacial score (nSPS) is 10.0.